The van der Waals surface area contributed by atoms with Crippen LogP contribution < -0.4 is 0 Å². The molecule has 0 radical (unpaired) electrons. The lowest BCUT2D eigenvalue weighted by Crippen LogP contribution is -2.42. The Hall–Kier alpha value is -2.16. The summed E-state index contributed by atoms with van der Waals surface area (Å²) in [7, 11) is 0. The lowest BCUT2D eigenvalue weighted by atomic mass is 10.1. The van der Waals surface area contributed by atoms with Gasteiger partial charge in [0, 0.05) is 13.1 Å². The van der Waals surface area contributed by atoms with Crippen LogP contribution in [0.2, 0.25) is 0 Å². The molecule has 2 aromatic heterocycles. The van der Waals surface area contributed by atoms with Gasteiger partial charge in [0.1, 0.15) is 5.25 Å². The maximum absolute atomic E-state index is 13.1. The largest absolute Gasteiger partial charge is 0.378 e. The first-order chi connectivity index (χ1) is 12.8. The molecule has 0 spiro atoms. The summed E-state index contributed by atoms with van der Waals surface area (Å²) >= 11 is 2.98. The first kappa shape index (κ1) is 17.3. The molecular weight excluding hydrogens is 368 g/mol. The number of aromatic nitrogens is 3. The van der Waals surface area contributed by atoms with E-state index in [-0.39, 0.29) is 11.2 Å². The lowest BCUT2D eigenvalue weighted by Gasteiger charge is -2.30. The fraction of sp³-hybridized carbons (Fsp3) is 0.278. The fourth-order valence-corrected chi connectivity index (χ4v) is 4.43. The molecule has 1 N–H and O–H groups in total. The van der Waals surface area contributed by atoms with Crippen LogP contribution in [0, 0.1) is 0 Å². The molecule has 0 bridgehead atoms. The van der Waals surface area contributed by atoms with Gasteiger partial charge in [0.25, 0.3) is 0 Å². The average molecular weight is 387 g/mol. The maximum atomic E-state index is 13.1. The summed E-state index contributed by atoms with van der Waals surface area (Å²) in [4.78, 5) is 20.6. The molecule has 1 saturated heterocycles. The van der Waals surface area contributed by atoms with Gasteiger partial charge in [-0.1, -0.05) is 48.2 Å². The van der Waals surface area contributed by atoms with Crippen molar-refractivity contribution in [1.82, 2.24) is 20.1 Å². The zero-order valence-electron chi connectivity index (χ0n) is 14.0. The third-order valence-electron chi connectivity index (χ3n) is 4.09. The van der Waals surface area contributed by atoms with Crippen molar-refractivity contribution in [2.75, 3.05) is 26.3 Å². The second kappa shape index (κ2) is 8.03. The summed E-state index contributed by atoms with van der Waals surface area (Å²) in [5.74, 6) is 0.806. The predicted octanol–water partition coefficient (Wildman–Crippen LogP) is 3.23. The summed E-state index contributed by atoms with van der Waals surface area (Å²) in [6.07, 6.45) is 0. The van der Waals surface area contributed by atoms with Crippen LogP contribution in [0.3, 0.4) is 0 Å². The minimum Gasteiger partial charge on any atom is -0.378 e. The Balaban J connectivity index is 1.58. The zero-order valence-corrected chi connectivity index (χ0v) is 15.6. The minimum absolute atomic E-state index is 0.0759. The first-order valence-corrected chi connectivity index (χ1v) is 10.1. The smallest absolute Gasteiger partial charge is 0.240 e. The van der Waals surface area contributed by atoms with E-state index >= 15 is 0 Å². The van der Waals surface area contributed by atoms with Crippen LogP contribution in [-0.4, -0.2) is 52.3 Å². The number of hydrogen-bond donors (Lipinski definition) is 1. The molecule has 1 fully saturated rings. The van der Waals surface area contributed by atoms with Crippen molar-refractivity contribution in [2.24, 2.45) is 0 Å². The number of thioether (sulfide) groups is 1. The Labute approximate surface area is 159 Å². The molecule has 3 heterocycles. The normalized spacial score (nSPS) is 15.8. The Kier molecular flexibility index (Phi) is 5.33. The highest BCUT2D eigenvalue weighted by molar-refractivity contribution is 8.00. The van der Waals surface area contributed by atoms with Gasteiger partial charge in [-0.15, -0.1) is 16.4 Å². The molecule has 1 aromatic carbocycles. The standard InChI is InChI=1S/C18H18N4O2S2/c23-17(22-8-10-24-11-9-22)15(13-5-2-1-3-6-13)26-18-19-16(20-21-18)14-7-4-12-25-14/h1-7,12,15H,8-11H2,(H,19,20,21)/t15-/m0/s1. The molecular formula is C18H18N4O2S2. The van der Waals surface area contributed by atoms with Crippen molar-refractivity contribution in [3.05, 3.63) is 53.4 Å². The third-order valence-corrected chi connectivity index (χ3v) is 6.07. The van der Waals surface area contributed by atoms with Gasteiger partial charge in [0.05, 0.1) is 18.1 Å². The highest BCUT2D eigenvalue weighted by Crippen LogP contribution is 2.36. The van der Waals surface area contributed by atoms with Gasteiger partial charge in [-0.05, 0) is 17.0 Å². The highest BCUT2D eigenvalue weighted by atomic mass is 32.2. The molecule has 1 amide bonds. The van der Waals surface area contributed by atoms with E-state index < -0.39 is 0 Å². The van der Waals surface area contributed by atoms with Crippen LogP contribution in [0.5, 0.6) is 0 Å². The minimum atomic E-state index is -0.374. The molecule has 6 nitrogen and oxygen atoms in total. The molecule has 4 rings (SSSR count). The third kappa shape index (κ3) is 3.82. The van der Waals surface area contributed by atoms with Crippen LogP contribution in [-0.2, 0) is 9.53 Å². The number of nitrogens with zero attached hydrogens (tertiary/aromatic N) is 3. The molecule has 1 aliphatic rings. The molecule has 0 saturated carbocycles. The second-order valence-corrected chi connectivity index (χ2v) is 7.81. The number of aromatic amines is 1. The molecule has 1 atom stereocenters. The number of rotatable bonds is 5. The summed E-state index contributed by atoms with van der Waals surface area (Å²) in [5, 5.41) is 9.47. The van der Waals surface area contributed by atoms with Gasteiger partial charge >= 0.3 is 0 Å². The quantitative estimate of drug-likeness (QED) is 0.682. The number of morpholine rings is 1. The molecule has 8 heteroatoms. The van der Waals surface area contributed by atoms with Crippen LogP contribution in [0.1, 0.15) is 10.8 Å². The predicted molar refractivity (Wildman–Crippen MR) is 102 cm³/mol. The monoisotopic (exact) mass is 386 g/mol. The molecule has 1 aliphatic heterocycles. The van der Waals surface area contributed by atoms with Crippen LogP contribution in [0.4, 0.5) is 0 Å². The van der Waals surface area contributed by atoms with Gasteiger partial charge in [-0.25, -0.2) is 4.98 Å². The van der Waals surface area contributed by atoms with E-state index in [4.69, 9.17) is 4.74 Å². The van der Waals surface area contributed by atoms with E-state index in [0.717, 1.165) is 16.3 Å². The van der Waals surface area contributed by atoms with Crippen LogP contribution in [0.25, 0.3) is 10.7 Å². The van der Waals surface area contributed by atoms with E-state index in [1.807, 2.05) is 52.7 Å². The lowest BCUT2D eigenvalue weighted by molar-refractivity contribution is -0.134. The van der Waals surface area contributed by atoms with Crippen molar-refractivity contribution in [3.8, 4) is 10.7 Å². The Morgan fingerprint density at radius 2 is 2.00 bits per heavy atom. The van der Waals surface area contributed by atoms with E-state index in [1.54, 1.807) is 11.3 Å². The first-order valence-electron chi connectivity index (χ1n) is 8.35. The Morgan fingerprint density at radius 3 is 2.73 bits per heavy atom. The van der Waals surface area contributed by atoms with Crippen molar-refractivity contribution in [2.45, 2.75) is 10.4 Å². The van der Waals surface area contributed by atoms with Gasteiger partial charge in [-0.2, -0.15) is 0 Å². The van der Waals surface area contributed by atoms with Crippen molar-refractivity contribution in [3.63, 3.8) is 0 Å². The number of nitrogens with one attached hydrogen (secondary N) is 1. The number of amides is 1. The van der Waals surface area contributed by atoms with E-state index in [2.05, 4.69) is 15.2 Å². The molecule has 3 aromatic rings. The SMILES string of the molecule is O=C([C@@H](Sc1n[nH]c(-c2cccs2)n1)c1ccccc1)N1CCOCC1. The summed E-state index contributed by atoms with van der Waals surface area (Å²) in [6.45, 7) is 2.41. The average Bonchev–Trinajstić information content (AvgIpc) is 3.39. The van der Waals surface area contributed by atoms with Crippen LogP contribution >= 0.6 is 23.1 Å². The highest BCUT2D eigenvalue weighted by Gasteiger charge is 2.29. The van der Waals surface area contributed by atoms with Gasteiger partial charge in [-0.3, -0.25) is 9.89 Å². The summed E-state index contributed by atoms with van der Waals surface area (Å²) in [6, 6.07) is 13.8. The number of thiophene rings is 1. The maximum Gasteiger partial charge on any atom is 0.240 e. The zero-order chi connectivity index (χ0) is 17.8. The van der Waals surface area contributed by atoms with Gasteiger partial charge in [0.15, 0.2) is 5.82 Å². The summed E-state index contributed by atoms with van der Waals surface area (Å²) < 4.78 is 5.37. The molecule has 134 valence electrons. The van der Waals surface area contributed by atoms with Crippen molar-refractivity contribution in [1.29, 1.82) is 0 Å². The number of carbonyl (C=O) groups excluding carboxylic acids is 1. The Morgan fingerprint density at radius 1 is 1.19 bits per heavy atom. The topological polar surface area (TPSA) is 71.1 Å². The Bertz CT molecular complexity index is 845. The van der Waals surface area contributed by atoms with Crippen LogP contribution in [0.15, 0.2) is 53.0 Å². The van der Waals surface area contributed by atoms with Crippen molar-refractivity contribution >= 4 is 29.0 Å². The number of H-pyrrole nitrogens is 1. The second-order valence-electron chi connectivity index (χ2n) is 5.79. The van der Waals surface area contributed by atoms with E-state index in [9.17, 15) is 4.79 Å². The number of carbonyl (C=O) groups is 1. The van der Waals surface area contributed by atoms with Crippen molar-refractivity contribution < 1.29 is 9.53 Å². The number of benzene rings is 1. The number of hydrogen-bond acceptors (Lipinski definition) is 6. The van der Waals surface area contributed by atoms with E-state index in [0.29, 0.717) is 31.5 Å². The molecule has 26 heavy (non-hydrogen) atoms. The van der Waals surface area contributed by atoms with Gasteiger partial charge in [0.2, 0.25) is 11.1 Å². The fourth-order valence-electron chi connectivity index (χ4n) is 2.77. The van der Waals surface area contributed by atoms with E-state index in [1.165, 1.54) is 11.8 Å². The van der Waals surface area contributed by atoms with Gasteiger partial charge < -0.3 is 9.64 Å². The molecule has 0 aliphatic carbocycles. The molecule has 0 unspecified atom stereocenters. The summed E-state index contributed by atoms with van der Waals surface area (Å²) in [5.41, 5.74) is 0.955. The number of ether oxygens (including phenoxy) is 1.